The standard InChI is InChI=1S/C11H9Cl3/c12-10(11(13)14)9-6-8(9)7-4-2-1-3-5-7/h1-5,8-9H,6H2/t8-,9+/m0/s1. The fourth-order valence-electron chi connectivity index (χ4n) is 1.68. The number of hydrogen-bond acceptors (Lipinski definition) is 0. The second-order valence-corrected chi connectivity index (χ2v) is 4.82. The highest BCUT2D eigenvalue weighted by atomic mass is 35.5. The normalized spacial score (nSPS) is 24.5. The first kappa shape index (κ1) is 10.4. The predicted molar refractivity (Wildman–Crippen MR) is 61.9 cm³/mol. The van der Waals surface area contributed by atoms with Crippen LogP contribution in [0.4, 0.5) is 0 Å². The van der Waals surface area contributed by atoms with Crippen molar-refractivity contribution in [2.45, 2.75) is 12.3 Å². The fraction of sp³-hybridized carbons (Fsp3) is 0.273. The van der Waals surface area contributed by atoms with Crippen molar-refractivity contribution in [2.75, 3.05) is 0 Å². The van der Waals surface area contributed by atoms with Gasteiger partial charge in [-0.25, -0.2) is 0 Å². The average Bonchev–Trinajstić information content (AvgIpc) is 2.97. The third kappa shape index (κ3) is 2.08. The van der Waals surface area contributed by atoms with E-state index < -0.39 is 0 Å². The molecule has 0 bridgehead atoms. The van der Waals surface area contributed by atoms with Gasteiger partial charge in [0.25, 0.3) is 0 Å². The van der Waals surface area contributed by atoms with E-state index >= 15 is 0 Å². The lowest BCUT2D eigenvalue weighted by atomic mass is 10.1. The first-order valence-electron chi connectivity index (χ1n) is 4.45. The lowest BCUT2D eigenvalue weighted by Crippen LogP contribution is -1.83. The highest BCUT2D eigenvalue weighted by Gasteiger charge is 2.41. The van der Waals surface area contributed by atoms with Crippen LogP contribution >= 0.6 is 34.8 Å². The van der Waals surface area contributed by atoms with E-state index in [1.807, 2.05) is 18.2 Å². The Morgan fingerprint density at radius 1 is 1.07 bits per heavy atom. The van der Waals surface area contributed by atoms with Gasteiger partial charge in [-0.2, -0.15) is 0 Å². The predicted octanol–water partition coefficient (Wildman–Crippen LogP) is 4.68. The summed E-state index contributed by atoms with van der Waals surface area (Å²) in [5.41, 5.74) is 1.31. The largest absolute Gasteiger partial charge is 0.121 e. The number of hydrogen-bond donors (Lipinski definition) is 0. The SMILES string of the molecule is ClC(Cl)=C(Cl)[C@@H]1C[C@H]1c1ccccc1. The molecule has 0 aromatic heterocycles. The highest BCUT2D eigenvalue weighted by molar-refractivity contribution is 6.59. The summed E-state index contributed by atoms with van der Waals surface area (Å²) in [6.45, 7) is 0. The summed E-state index contributed by atoms with van der Waals surface area (Å²) in [5, 5.41) is 0.599. The topological polar surface area (TPSA) is 0 Å². The van der Waals surface area contributed by atoms with Gasteiger partial charge in [0.1, 0.15) is 4.49 Å². The van der Waals surface area contributed by atoms with Gasteiger partial charge in [-0.1, -0.05) is 65.1 Å². The zero-order valence-electron chi connectivity index (χ0n) is 7.38. The van der Waals surface area contributed by atoms with Gasteiger partial charge in [0.2, 0.25) is 0 Å². The summed E-state index contributed by atoms with van der Waals surface area (Å²) in [4.78, 5) is 0. The van der Waals surface area contributed by atoms with E-state index in [1.54, 1.807) is 0 Å². The van der Waals surface area contributed by atoms with E-state index in [-0.39, 0.29) is 4.49 Å². The molecule has 3 heteroatoms. The van der Waals surface area contributed by atoms with Gasteiger partial charge < -0.3 is 0 Å². The molecule has 14 heavy (non-hydrogen) atoms. The third-order valence-corrected chi connectivity index (χ3v) is 3.59. The molecule has 0 amide bonds. The monoisotopic (exact) mass is 246 g/mol. The third-order valence-electron chi connectivity index (χ3n) is 2.52. The molecule has 0 unspecified atom stereocenters. The fourth-order valence-corrected chi connectivity index (χ4v) is 2.21. The van der Waals surface area contributed by atoms with E-state index in [4.69, 9.17) is 34.8 Å². The van der Waals surface area contributed by atoms with Crippen LogP contribution in [0.1, 0.15) is 17.9 Å². The minimum Gasteiger partial charge on any atom is -0.0862 e. The first-order valence-corrected chi connectivity index (χ1v) is 5.59. The van der Waals surface area contributed by atoms with Crippen molar-refractivity contribution in [3.05, 3.63) is 45.4 Å². The van der Waals surface area contributed by atoms with E-state index in [9.17, 15) is 0 Å². The Labute approximate surface area is 98.5 Å². The van der Waals surface area contributed by atoms with Crippen LogP contribution in [0, 0.1) is 5.92 Å². The molecule has 0 aliphatic heterocycles. The van der Waals surface area contributed by atoms with Crippen molar-refractivity contribution in [1.29, 1.82) is 0 Å². The van der Waals surface area contributed by atoms with Crippen molar-refractivity contribution >= 4 is 34.8 Å². The quantitative estimate of drug-likeness (QED) is 0.712. The van der Waals surface area contributed by atoms with Crippen LogP contribution in [0.5, 0.6) is 0 Å². The molecule has 0 nitrogen and oxygen atoms in total. The van der Waals surface area contributed by atoms with Crippen molar-refractivity contribution in [3.8, 4) is 0 Å². The Bertz CT molecular complexity index is 352. The second-order valence-electron chi connectivity index (χ2n) is 3.47. The smallest absolute Gasteiger partial charge is 0.0862 e. The van der Waals surface area contributed by atoms with Gasteiger partial charge in [0.05, 0.1) is 5.03 Å². The summed E-state index contributed by atoms with van der Waals surface area (Å²) < 4.78 is 0.204. The summed E-state index contributed by atoms with van der Waals surface area (Å²) in [7, 11) is 0. The summed E-state index contributed by atoms with van der Waals surface area (Å²) in [6, 6.07) is 10.3. The van der Waals surface area contributed by atoms with Crippen LogP contribution in [-0.4, -0.2) is 0 Å². The van der Waals surface area contributed by atoms with Crippen molar-refractivity contribution < 1.29 is 0 Å². The molecule has 0 radical (unpaired) electrons. The molecular weight excluding hydrogens is 238 g/mol. The maximum absolute atomic E-state index is 5.97. The Balaban J connectivity index is 2.11. The first-order chi connectivity index (χ1) is 6.70. The van der Waals surface area contributed by atoms with Gasteiger partial charge >= 0.3 is 0 Å². The van der Waals surface area contributed by atoms with Gasteiger partial charge in [0, 0.05) is 5.92 Å². The summed E-state index contributed by atoms with van der Waals surface area (Å²) in [5.74, 6) is 0.820. The highest BCUT2D eigenvalue weighted by Crippen LogP contribution is 2.54. The molecule has 1 saturated carbocycles. The van der Waals surface area contributed by atoms with Crippen LogP contribution in [0.15, 0.2) is 39.9 Å². The Hall–Kier alpha value is -0.170. The minimum absolute atomic E-state index is 0.204. The molecule has 1 aromatic carbocycles. The zero-order chi connectivity index (χ0) is 10.1. The van der Waals surface area contributed by atoms with Gasteiger partial charge in [-0.05, 0) is 17.9 Å². The lowest BCUT2D eigenvalue weighted by Gasteiger charge is -1.99. The number of benzene rings is 1. The van der Waals surface area contributed by atoms with Crippen LogP contribution < -0.4 is 0 Å². The molecule has 0 spiro atoms. The van der Waals surface area contributed by atoms with Crippen LogP contribution in [0.25, 0.3) is 0 Å². The van der Waals surface area contributed by atoms with Gasteiger partial charge in [-0.3, -0.25) is 0 Å². The molecule has 0 N–H and O–H groups in total. The van der Waals surface area contributed by atoms with E-state index in [1.165, 1.54) is 5.56 Å². The molecule has 0 heterocycles. The van der Waals surface area contributed by atoms with Gasteiger partial charge in [0.15, 0.2) is 0 Å². The minimum atomic E-state index is 0.204. The van der Waals surface area contributed by atoms with E-state index in [0.29, 0.717) is 16.9 Å². The van der Waals surface area contributed by atoms with Crippen LogP contribution in [-0.2, 0) is 0 Å². The number of allylic oxidation sites excluding steroid dienone is 1. The Morgan fingerprint density at radius 3 is 2.29 bits per heavy atom. The van der Waals surface area contributed by atoms with Crippen LogP contribution in [0.3, 0.4) is 0 Å². The molecule has 1 aliphatic rings. The van der Waals surface area contributed by atoms with E-state index in [0.717, 1.165) is 6.42 Å². The molecule has 1 fully saturated rings. The molecule has 2 rings (SSSR count). The maximum Gasteiger partial charge on any atom is 0.121 e. The number of rotatable bonds is 2. The molecule has 0 saturated heterocycles. The molecular formula is C11H9Cl3. The maximum atomic E-state index is 5.97. The van der Waals surface area contributed by atoms with Crippen molar-refractivity contribution in [1.82, 2.24) is 0 Å². The lowest BCUT2D eigenvalue weighted by molar-refractivity contribution is 0.994. The average molecular weight is 248 g/mol. The van der Waals surface area contributed by atoms with Crippen molar-refractivity contribution in [2.24, 2.45) is 5.92 Å². The Kier molecular flexibility index (Phi) is 3.06. The van der Waals surface area contributed by atoms with E-state index in [2.05, 4.69) is 12.1 Å². The number of halogens is 3. The zero-order valence-corrected chi connectivity index (χ0v) is 9.65. The molecule has 1 aromatic rings. The van der Waals surface area contributed by atoms with Crippen LogP contribution in [0.2, 0.25) is 0 Å². The van der Waals surface area contributed by atoms with Gasteiger partial charge in [-0.15, -0.1) is 0 Å². The molecule has 74 valence electrons. The summed E-state index contributed by atoms with van der Waals surface area (Å²) >= 11 is 17.2. The summed E-state index contributed by atoms with van der Waals surface area (Å²) in [6.07, 6.45) is 1.05. The van der Waals surface area contributed by atoms with Crippen molar-refractivity contribution in [3.63, 3.8) is 0 Å². The Morgan fingerprint density at radius 2 is 1.71 bits per heavy atom. The second kappa shape index (κ2) is 4.14. The molecule has 2 atom stereocenters. The molecule has 1 aliphatic carbocycles.